The van der Waals surface area contributed by atoms with Gasteiger partial charge in [0.1, 0.15) is 0 Å². The first-order valence-electron chi connectivity index (χ1n) is 7.65. The molecular formula is C16H25N3. The highest BCUT2D eigenvalue weighted by Crippen LogP contribution is 2.30. The summed E-state index contributed by atoms with van der Waals surface area (Å²) in [4.78, 5) is 9.53. The zero-order chi connectivity index (χ0) is 13.2. The summed E-state index contributed by atoms with van der Waals surface area (Å²) in [5.41, 5.74) is 1.39. The minimum absolute atomic E-state index is 0.502. The van der Waals surface area contributed by atoms with Crippen molar-refractivity contribution in [2.24, 2.45) is 0 Å². The Morgan fingerprint density at radius 1 is 1.21 bits per heavy atom. The Hall–Kier alpha value is -0.930. The van der Waals surface area contributed by atoms with E-state index in [1.165, 1.54) is 44.5 Å². The number of nitrogens with zero attached hydrogens (tertiary/aromatic N) is 3. The highest BCUT2D eigenvalue weighted by molar-refractivity contribution is 5.15. The van der Waals surface area contributed by atoms with Gasteiger partial charge in [-0.2, -0.15) is 0 Å². The molecule has 1 aromatic heterocycles. The maximum Gasteiger partial charge on any atom is 0.0325 e. The van der Waals surface area contributed by atoms with Crippen molar-refractivity contribution >= 4 is 0 Å². The molecule has 3 nitrogen and oxygen atoms in total. The number of fused-ring (bicyclic) bond motifs is 1. The summed E-state index contributed by atoms with van der Waals surface area (Å²) in [5.74, 6) is 0. The predicted octanol–water partition coefficient (Wildman–Crippen LogP) is 2.70. The van der Waals surface area contributed by atoms with Crippen molar-refractivity contribution in [1.29, 1.82) is 0 Å². The van der Waals surface area contributed by atoms with Gasteiger partial charge >= 0.3 is 0 Å². The largest absolute Gasteiger partial charge is 0.298 e. The molecule has 19 heavy (non-hydrogen) atoms. The van der Waals surface area contributed by atoms with Crippen molar-refractivity contribution in [3.05, 3.63) is 30.1 Å². The molecule has 2 saturated heterocycles. The van der Waals surface area contributed by atoms with Crippen LogP contribution in [0.5, 0.6) is 0 Å². The number of piperazine rings is 1. The first-order valence-corrected chi connectivity index (χ1v) is 7.65. The Morgan fingerprint density at radius 3 is 2.79 bits per heavy atom. The number of pyridine rings is 1. The Morgan fingerprint density at radius 2 is 2.00 bits per heavy atom. The molecule has 0 aliphatic carbocycles. The second-order valence-corrected chi connectivity index (χ2v) is 6.15. The van der Waals surface area contributed by atoms with E-state index in [0.717, 1.165) is 6.04 Å². The minimum atomic E-state index is 0.502. The van der Waals surface area contributed by atoms with E-state index in [9.17, 15) is 0 Å². The average Bonchev–Trinajstić information content (AvgIpc) is 2.47. The summed E-state index contributed by atoms with van der Waals surface area (Å²) in [6.07, 6.45) is 8.00. The smallest absolute Gasteiger partial charge is 0.0325 e. The van der Waals surface area contributed by atoms with Crippen molar-refractivity contribution in [3.63, 3.8) is 0 Å². The third-order valence-corrected chi connectivity index (χ3v) is 4.92. The van der Waals surface area contributed by atoms with Gasteiger partial charge in [-0.15, -0.1) is 0 Å². The number of hydrogen-bond donors (Lipinski definition) is 0. The molecule has 104 valence electrons. The molecule has 0 radical (unpaired) electrons. The second-order valence-electron chi connectivity index (χ2n) is 6.15. The molecule has 2 aliphatic heterocycles. The van der Waals surface area contributed by atoms with E-state index < -0.39 is 0 Å². The lowest BCUT2D eigenvalue weighted by Gasteiger charge is -2.49. The van der Waals surface area contributed by atoms with Crippen LogP contribution in [0.1, 0.15) is 44.7 Å². The van der Waals surface area contributed by atoms with Gasteiger partial charge in [-0.3, -0.25) is 14.8 Å². The summed E-state index contributed by atoms with van der Waals surface area (Å²) in [7, 11) is 0. The van der Waals surface area contributed by atoms with E-state index in [-0.39, 0.29) is 0 Å². The van der Waals surface area contributed by atoms with Crippen LogP contribution in [0.4, 0.5) is 0 Å². The highest BCUT2D eigenvalue weighted by Gasteiger charge is 2.35. The number of aromatic nitrogens is 1. The molecule has 3 rings (SSSR count). The first-order chi connectivity index (χ1) is 9.25. The average molecular weight is 259 g/mol. The lowest BCUT2D eigenvalue weighted by molar-refractivity contribution is -0.00461. The zero-order valence-corrected chi connectivity index (χ0v) is 12.1. The van der Waals surface area contributed by atoms with Gasteiger partial charge in [-0.1, -0.05) is 6.42 Å². The molecule has 1 aromatic rings. The maximum absolute atomic E-state index is 4.13. The van der Waals surface area contributed by atoms with Gasteiger partial charge in [0.05, 0.1) is 0 Å². The van der Waals surface area contributed by atoms with Gasteiger partial charge in [0, 0.05) is 43.6 Å². The van der Waals surface area contributed by atoms with E-state index in [4.69, 9.17) is 0 Å². The van der Waals surface area contributed by atoms with Crippen LogP contribution in [0.25, 0.3) is 0 Å². The molecule has 0 spiro atoms. The summed E-state index contributed by atoms with van der Waals surface area (Å²) in [6, 6.07) is 6.25. The predicted molar refractivity (Wildman–Crippen MR) is 78.0 cm³/mol. The van der Waals surface area contributed by atoms with Gasteiger partial charge in [0.2, 0.25) is 0 Å². The lowest BCUT2D eigenvalue weighted by atomic mass is 9.95. The standard InChI is InChI=1S/C16H25N3/c1-13-11-18-10-4-3-5-16(18)12-19(13)14(2)15-6-8-17-9-7-15/h6-9,13-14,16H,3-5,10-12H2,1-2H3. The fraction of sp³-hybridized carbons (Fsp3) is 0.688. The Labute approximate surface area is 116 Å². The lowest BCUT2D eigenvalue weighted by Crippen LogP contribution is -2.58. The van der Waals surface area contributed by atoms with Gasteiger partial charge in [-0.25, -0.2) is 0 Å². The number of piperidine rings is 1. The first kappa shape index (κ1) is 13.1. The van der Waals surface area contributed by atoms with Crippen LogP contribution in [0, 0.1) is 0 Å². The third kappa shape index (κ3) is 2.67. The van der Waals surface area contributed by atoms with Gasteiger partial charge in [-0.05, 0) is 50.9 Å². The maximum atomic E-state index is 4.13. The molecule has 3 unspecified atom stereocenters. The van der Waals surface area contributed by atoms with Crippen molar-refractivity contribution < 1.29 is 0 Å². The van der Waals surface area contributed by atoms with E-state index in [1.807, 2.05) is 12.4 Å². The minimum Gasteiger partial charge on any atom is -0.298 e. The third-order valence-electron chi connectivity index (χ3n) is 4.92. The molecule has 3 heterocycles. The topological polar surface area (TPSA) is 19.4 Å². The monoisotopic (exact) mass is 259 g/mol. The highest BCUT2D eigenvalue weighted by atomic mass is 15.3. The molecule has 0 bridgehead atoms. The number of rotatable bonds is 2. The molecule has 2 fully saturated rings. The van der Waals surface area contributed by atoms with Crippen LogP contribution in [0.2, 0.25) is 0 Å². The van der Waals surface area contributed by atoms with Gasteiger partial charge in [0.25, 0.3) is 0 Å². The zero-order valence-electron chi connectivity index (χ0n) is 12.1. The molecule has 3 atom stereocenters. The summed E-state index contributed by atoms with van der Waals surface area (Å²) in [6.45, 7) is 8.49. The fourth-order valence-corrected chi connectivity index (χ4v) is 3.75. The molecule has 3 heteroatoms. The van der Waals surface area contributed by atoms with Crippen LogP contribution >= 0.6 is 0 Å². The number of hydrogen-bond acceptors (Lipinski definition) is 3. The summed E-state index contributed by atoms with van der Waals surface area (Å²) < 4.78 is 0. The van der Waals surface area contributed by atoms with Crippen LogP contribution in [-0.4, -0.2) is 46.5 Å². The Bertz CT molecular complexity index is 406. The van der Waals surface area contributed by atoms with E-state index >= 15 is 0 Å². The van der Waals surface area contributed by atoms with Crippen molar-refractivity contribution in [3.8, 4) is 0 Å². The van der Waals surface area contributed by atoms with E-state index in [0.29, 0.717) is 12.1 Å². The Kier molecular flexibility index (Phi) is 3.85. The molecule has 0 N–H and O–H groups in total. The second kappa shape index (κ2) is 5.59. The van der Waals surface area contributed by atoms with Crippen LogP contribution in [-0.2, 0) is 0 Å². The van der Waals surface area contributed by atoms with E-state index in [1.54, 1.807) is 0 Å². The molecule has 0 aromatic carbocycles. The van der Waals surface area contributed by atoms with Gasteiger partial charge in [0.15, 0.2) is 0 Å². The molecule has 0 saturated carbocycles. The van der Waals surface area contributed by atoms with Crippen LogP contribution in [0.3, 0.4) is 0 Å². The summed E-state index contributed by atoms with van der Waals surface area (Å²) >= 11 is 0. The van der Waals surface area contributed by atoms with Gasteiger partial charge < -0.3 is 0 Å². The SMILES string of the molecule is CC1CN2CCCCC2CN1C(C)c1ccncc1. The van der Waals surface area contributed by atoms with Crippen LogP contribution < -0.4 is 0 Å². The molecule has 2 aliphatic rings. The quantitative estimate of drug-likeness (QED) is 0.814. The van der Waals surface area contributed by atoms with Crippen molar-refractivity contribution in [1.82, 2.24) is 14.8 Å². The molecule has 0 amide bonds. The van der Waals surface area contributed by atoms with Crippen LogP contribution in [0.15, 0.2) is 24.5 Å². The summed E-state index contributed by atoms with van der Waals surface area (Å²) in [5, 5.41) is 0. The fourth-order valence-electron chi connectivity index (χ4n) is 3.75. The normalized spacial score (nSPS) is 30.8. The van der Waals surface area contributed by atoms with Crippen molar-refractivity contribution in [2.45, 2.75) is 51.2 Å². The molecular weight excluding hydrogens is 234 g/mol. The van der Waals surface area contributed by atoms with Crippen molar-refractivity contribution in [2.75, 3.05) is 19.6 Å². The Balaban J connectivity index is 1.73. The van der Waals surface area contributed by atoms with E-state index in [2.05, 4.69) is 40.8 Å².